The highest BCUT2D eigenvalue weighted by atomic mass is 35.5. The molecule has 0 amide bonds. The van der Waals surface area contributed by atoms with Crippen LogP contribution in [-0.4, -0.2) is 6.04 Å². The number of thiophene rings is 1. The first-order valence-electron chi connectivity index (χ1n) is 5.72. The Kier molecular flexibility index (Phi) is 4.06. The number of hydrogen-bond donors (Lipinski definition) is 1. The third kappa shape index (κ3) is 3.20. The van der Waals surface area contributed by atoms with Crippen LogP contribution in [0, 0.1) is 5.92 Å². The van der Waals surface area contributed by atoms with Crippen molar-refractivity contribution in [1.82, 2.24) is 5.32 Å². The van der Waals surface area contributed by atoms with E-state index < -0.39 is 0 Å². The van der Waals surface area contributed by atoms with Crippen LogP contribution in [0.2, 0.25) is 5.02 Å². The molecule has 0 aliphatic heterocycles. The maximum absolute atomic E-state index is 5.89. The molecule has 0 radical (unpaired) electrons. The maximum Gasteiger partial charge on any atom is 0.0516 e. The van der Waals surface area contributed by atoms with Crippen LogP contribution >= 0.6 is 22.9 Å². The lowest BCUT2D eigenvalue weighted by Crippen LogP contribution is -2.36. The third-order valence-electron chi connectivity index (χ3n) is 3.27. The summed E-state index contributed by atoms with van der Waals surface area (Å²) in [7, 11) is 0. The second kappa shape index (κ2) is 5.33. The molecule has 0 spiro atoms. The van der Waals surface area contributed by atoms with Gasteiger partial charge in [-0.05, 0) is 24.8 Å². The molecular weight excluding hydrogens is 226 g/mol. The van der Waals surface area contributed by atoms with E-state index in [1.807, 2.05) is 5.38 Å². The van der Waals surface area contributed by atoms with Crippen LogP contribution in [-0.2, 0) is 6.54 Å². The predicted molar refractivity (Wildman–Crippen MR) is 67.6 cm³/mol. The van der Waals surface area contributed by atoms with Crippen molar-refractivity contribution < 1.29 is 0 Å². The lowest BCUT2D eigenvalue weighted by atomic mass is 9.86. The van der Waals surface area contributed by atoms with Crippen molar-refractivity contribution in [3.05, 3.63) is 21.3 Å². The Morgan fingerprint density at radius 1 is 1.47 bits per heavy atom. The Morgan fingerprint density at radius 3 is 2.93 bits per heavy atom. The molecule has 1 N–H and O–H groups in total. The van der Waals surface area contributed by atoms with Gasteiger partial charge in [0.25, 0.3) is 0 Å². The van der Waals surface area contributed by atoms with Crippen molar-refractivity contribution in [3.8, 4) is 0 Å². The smallest absolute Gasteiger partial charge is 0.0516 e. The highest BCUT2D eigenvalue weighted by Crippen LogP contribution is 2.25. The SMILES string of the molecule is CC1CCCCC1NCc1cc(Cl)cs1. The summed E-state index contributed by atoms with van der Waals surface area (Å²) in [4.78, 5) is 1.35. The zero-order valence-corrected chi connectivity index (χ0v) is 10.7. The van der Waals surface area contributed by atoms with E-state index in [1.54, 1.807) is 11.3 Å². The number of halogens is 1. The summed E-state index contributed by atoms with van der Waals surface area (Å²) >= 11 is 7.64. The highest BCUT2D eigenvalue weighted by molar-refractivity contribution is 7.10. The largest absolute Gasteiger partial charge is 0.309 e. The molecule has 0 bridgehead atoms. The summed E-state index contributed by atoms with van der Waals surface area (Å²) in [5.41, 5.74) is 0. The topological polar surface area (TPSA) is 12.0 Å². The fourth-order valence-corrected chi connectivity index (χ4v) is 3.32. The molecule has 1 fully saturated rings. The van der Waals surface area contributed by atoms with Crippen LogP contribution < -0.4 is 5.32 Å². The first-order valence-corrected chi connectivity index (χ1v) is 6.98. The van der Waals surface area contributed by atoms with Crippen LogP contribution in [0.5, 0.6) is 0 Å². The number of rotatable bonds is 3. The fourth-order valence-electron chi connectivity index (χ4n) is 2.30. The molecule has 0 aromatic carbocycles. The van der Waals surface area contributed by atoms with Crippen molar-refractivity contribution in [1.29, 1.82) is 0 Å². The molecule has 2 rings (SSSR count). The van der Waals surface area contributed by atoms with E-state index >= 15 is 0 Å². The van der Waals surface area contributed by atoms with Crippen LogP contribution in [0.4, 0.5) is 0 Å². The monoisotopic (exact) mass is 243 g/mol. The van der Waals surface area contributed by atoms with Gasteiger partial charge < -0.3 is 5.32 Å². The second-order valence-electron chi connectivity index (χ2n) is 4.48. The minimum atomic E-state index is 0.708. The molecule has 1 saturated carbocycles. The number of hydrogen-bond acceptors (Lipinski definition) is 2. The standard InChI is InChI=1S/C12H18ClNS/c1-9-4-2-3-5-12(9)14-7-11-6-10(13)8-15-11/h6,8-9,12,14H,2-5,7H2,1H3. The third-order valence-corrected chi connectivity index (χ3v) is 4.56. The summed E-state index contributed by atoms with van der Waals surface area (Å²) < 4.78 is 0. The minimum Gasteiger partial charge on any atom is -0.309 e. The van der Waals surface area contributed by atoms with Gasteiger partial charge in [-0.25, -0.2) is 0 Å². The Morgan fingerprint density at radius 2 is 2.27 bits per heavy atom. The minimum absolute atomic E-state index is 0.708. The van der Waals surface area contributed by atoms with Gasteiger partial charge in [-0.15, -0.1) is 11.3 Å². The molecule has 1 heterocycles. The predicted octanol–water partition coefficient (Wildman–Crippen LogP) is 4.07. The van der Waals surface area contributed by atoms with Crippen molar-refractivity contribution >= 4 is 22.9 Å². The molecule has 1 nitrogen and oxygen atoms in total. The van der Waals surface area contributed by atoms with Gasteiger partial charge in [0.05, 0.1) is 5.02 Å². The van der Waals surface area contributed by atoms with E-state index in [1.165, 1.54) is 30.6 Å². The van der Waals surface area contributed by atoms with Gasteiger partial charge in [0.1, 0.15) is 0 Å². The molecule has 15 heavy (non-hydrogen) atoms. The highest BCUT2D eigenvalue weighted by Gasteiger charge is 2.20. The lowest BCUT2D eigenvalue weighted by Gasteiger charge is -2.29. The molecule has 84 valence electrons. The lowest BCUT2D eigenvalue weighted by molar-refractivity contribution is 0.280. The Balaban J connectivity index is 1.81. The summed E-state index contributed by atoms with van der Waals surface area (Å²) in [6, 6.07) is 2.77. The van der Waals surface area contributed by atoms with Crippen LogP contribution in [0.15, 0.2) is 11.4 Å². The Bertz CT molecular complexity index is 310. The molecule has 2 atom stereocenters. The molecule has 1 aliphatic rings. The Hall–Kier alpha value is -0.0500. The normalized spacial score (nSPS) is 26.8. The maximum atomic E-state index is 5.89. The van der Waals surface area contributed by atoms with Gasteiger partial charge in [-0.2, -0.15) is 0 Å². The molecule has 0 saturated heterocycles. The van der Waals surface area contributed by atoms with Gasteiger partial charge in [0, 0.05) is 22.8 Å². The molecular formula is C12H18ClNS. The van der Waals surface area contributed by atoms with Gasteiger partial charge >= 0.3 is 0 Å². The quantitative estimate of drug-likeness (QED) is 0.844. The van der Waals surface area contributed by atoms with Crippen molar-refractivity contribution in [2.75, 3.05) is 0 Å². The summed E-state index contributed by atoms with van der Waals surface area (Å²) in [5.74, 6) is 0.828. The van der Waals surface area contributed by atoms with Gasteiger partial charge in [0.15, 0.2) is 0 Å². The second-order valence-corrected chi connectivity index (χ2v) is 5.91. The summed E-state index contributed by atoms with van der Waals surface area (Å²) in [6.45, 7) is 3.34. The van der Waals surface area contributed by atoms with Crippen LogP contribution in [0.1, 0.15) is 37.5 Å². The average molecular weight is 244 g/mol. The van der Waals surface area contributed by atoms with E-state index in [4.69, 9.17) is 11.6 Å². The van der Waals surface area contributed by atoms with Crippen molar-refractivity contribution in [3.63, 3.8) is 0 Å². The number of nitrogens with one attached hydrogen (secondary N) is 1. The fraction of sp³-hybridized carbons (Fsp3) is 0.667. The van der Waals surface area contributed by atoms with Crippen molar-refractivity contribution in [2.45, 2.75) is 45.2 Å². The van der Waals surface area contributed by atoms with Gasteiger partial charge in [-0.1, -0.05) is 31.4 Å². The van der Waals surface area contributed by atoms with Gasteiger partial charge in [0.2, 0.25) is 0 Å². The van der Waals surface area contributed by atoms with Crippen molar-refractivity contribution in [2.24, 2.45) is 5.92 Å². The van der Waals surface area contributed by atoms with E-state index in [-0.39, 0.29) is 0 Å². The summed E-state index contributed by atoms with van der Waals surface area (Å²) in [6.07, 6.45) is 5.50. The zero-order chi connectivity index (χ0) is 10.7. The molecule has 1 aromatic heterocycles. The van der Waals surface area contributed by atoms with E-state index in [9.17, 15) is 0 Å². The molecule has 1 aromatic rings. The summed E-state index contributed by atoms with van der Waals surface area (Å²) in [5, 5.41) is 6.52. The first-order chi connectivity index (χ1) is 7.25. The van der Waals surface area contributed by atoms with Crippen LogP contribution in [0.25, 0.3) is 0 Å². The molecule has 3 heteroatoms. The van der Waals surface area contributed by atoms with E-state index in [0.29, 0.717) is 6.04 Å². The molecule has 2 unspecified atom stereocenters. The van der Waals surface area contributed by atoms with Crippen LogP contribution in [0.3, 0.4) is 0 Å². The van der Waals surface area contributed by atoms with E-state index in [0.717, 1.165) is 17.5 Å². The van der Waals surface area contributed by atoms with E-state index in [2.05, 4.69) is 18.3 Å². The Labute approximate surface area is 101 Å². The average Bonchev–Trinajstić information content (AvgIpc) is 2.63. The first kappa shape index (κ1) is 11.4. The zero-order valence-electron chi connectivity index (χ0n) is 9.13. The van der Waals surface area contributed by atoms with Gasteiger partial charge in [-0.3, -0.25) is 0 Å². The molecule has 1 aliphatic carbocycles.